The Bertz CT molecular complexity index is 423. The Labute approximate surface area is 118 Å². The molecule has 0 amide bonds. The number of hydrogen-bond acceptors (Lipinski definition) is 4. The third-order valence-electron chi connectivity index (χ3n) is 3.56. The molecule has 4 nitrogen and oxygen atoms in total. The minimum Gasteiger partial charge on any atom is -0.330 e. The Hall–Kier alpha value is -0.610. The van der Waals surface area contributed by atoms with E-state index in [1.165, 1.54) is 6.42 Å². The van der Waals surface area contributed by atoms with Gasteiger partial charge in [-0.3, -0.25) is 0 Å². The van der Waals surface area contributed by atoms with Crippen molar-refractivity contribution in [3.05, 3.63) is 10.6 Å². The SMILES string of the molecule is CC1(C)CCCC(C)(C)N1c1nc(Cl)nc(Cl)n1. The van der Waals surface area contributed by atoms with Gasteiger partial charge in [-0.05, 0) is 70.2 Å². The highest BCUT2D eigenvalue weighted by molar-refractivity contribution is 6.31. The minimum absolute atomic E-state index is 0.0181. The maximum Gasteiger partial charge on any atom is 0.231 e. The van der Waals surface area contributed by atoms with E-state index in [1.807, 2.05) is 0 Å². The molecule has 0 bridgehead atoms. The monoisotopic (exact) mass is 288 g/mol. The van der Waals surface area contributed by atoms with E-state index in [-0.39, 0.29) is 21.6 Å². The van der Waals surface area contributed by atoms with Crippen molar-refractivity contribution in [2.24, 2.45) is 0 Å². The van der Waals surface area contributed by atoms with Gasteiger partial charge in [0.25, 0.3) is 0 Å². The van der Waals surface area contributed by atoms with Gasteiger partial charge < -0.3 is 4.90 Å². The van der Waals surface area contributed by atoms with Crippen molar-refractivity contribution < 1.29 is 0 Å². The number of halogens is 2. The molecule has 0 spiro atoms. The Balaban J connectivity index is 2.50. The van der Waals surface area contributed by atoms with Crippen LogP contribution in [-0.4, -0.2) is 26.0 Å². The van der Waals surface area contributed by atoms with E-state index in [2.05, 4.69) is 47.5 Å². The second kappa shape index (κ2) is 4.49. The van der Waals surface area contributed by atoms with E-state index >= 15 is 0 Å². The fourth-order valence-electron chi connectivity index (χ4n) is 2.95. The maximum absolute atomic E-state index is 5.88. The van der Waals surface area contributed by atoms with E-state index < -0.39 is 0 Å². The van der Waals surface area contributed by atoms with E-state index in [9.17, 15) is 0 Å². The molecule has 1 aliphatic heterocycles. The summed E-state index contributed by atoms with van der Waals surface area (Å²) in [6.45, 7) is 8.78. The summed E-state index contributed by atoms with van der Waals surface area (Å²) >= 11 is 11.8. The zero-order valence-corrected chi connectivity index (χ0v) is 12.7. The van der Waals surface area contributed by atoms with Gasteiger partial charge in [-0.15, -0.1) is 0 Å². The van der Waals surface area contributed by atoms with Crippen molar-refractivity contribution in [3.8, 4) is 0 Å². The topological polar surface area (TPSA) is 41.9 Å². The Morgan fingerprint density at radius 1 is 0.889 bits per heavy atom. The van der Waals surface area contributed by atoms with Crippen molar-refractivity contribution in [2.75, 3.05) is 4.90 Å². The highest BCUT2D eigenvalue weighted by Gasteiger charge is 2.43. The highest BCUT2D eigenvalue weighted by atomic mass is 35.5. The zero-order valence-electron chi connectivity index (χ0n) is 11.2. The number of hydrogen-bond donors (Lipinski definition) is 0. The number of aromatic nitrogens is 3. The predicted molar refractivity (Wildman–Crippen MR) is 74.3 cm³/mol. The molecule has 0 aromatic carbocycles. The van der Waals surface area contributed by atoms with Crippen LogP contribution in [0.2, 0.25) is 10.6 Å². The van der Waals surface area contributed by atoms with Crippen LogP contribution in [0.3, 0.4) is 0 Å². The highest BCUT2D eigenvalue weighted by Crippen LogP contribution is 2.40. The lowest BCUT2D eigenvalue weighted by Crippen LogP contribution is -2.59. The summed E-state index contributed by atoms with van der Waals surface area (Å²) in [6, 6.07) is 0. The van der Waals surface area contributed by atoms with Gasteiger partial charge in [0.1, 0.15) is 0 Å². The smallest absolute Gasteiger partial charge is 0.231 e. The van der Waals surface area contributed by atoms with Crippen molar-refractivity contribution in [1.82, 2.24) is 15.0 Å². The van der Waals surface area contributed by atoms with Crippen LogP contribution in [0.5, 0.6) is 0 Å². The number of anilines is 1. The van der Waals surface area contributed by atoms with Crippen LogP contribution in [0, 0.1) is 0 Å². The van der Waals surface area contributed by atoms with Crippen LogP contribution in [0.15, 0.2) is 0 Å². The summed E-state index contributed by atoms with van der Waals surface area (Å²) in [7, 11) is 0. The molecule has 1 aromatic rings. The first-order valence-corrected chi connectivity index (χ1v) is 6.85. The summed E-state index contributed by atoms with van der Waals surface area (Å²) in [6.07, 6.45) is 3.39. The molecule has 0 unspecified atom stereocenters. The summed E-state index contributed by atoms with van der Waals surface area (Å²) in [5.41, 5.74) is -0.0362. The largest absolute Gasteiger partial charge is 0.330 e. The van der Waals surface area contributed by atoms with Gasteiger partial charge >= 0.3 is 0 Å². The number of nitrogens with zero attached hydrogens (tertiary/aromatic N) is 4. The Morgan fingerprint density at radius 2 is 1.33 bits per heavy atom. The minimum atomic E-state index is -0.0181. The molecular weight excluding hydrogens is 271 g/mol. The van der Waals surface area contributed by atoms with Crippen LogP contribution in [-0.2, 0) is 0 Å². The first kappa shape index (κ1) is 13.8. The van der Waals surface area contributed by atoms with Gasteiger partial charge in [-0.1, -0.05) is 0 Å². The molecule has 1 aromatic heterocycles. The molecule has 0 radical (unpaired) electrons. The molecule has 0 atom stereocenters. The van der Waals surface area contributed by atoms with Crippen molar-refractivity contribution in [1.29, 1.82) is 0 Å². The third-order valence-corrected chi connectivity index (χ3v) is 3.89. The van der Waals surface area contributed by atoms with E-state index in [0.717, 1.165) is 12.8 Å². The third kappa shape index (κ3) is 2.54. The summed E-state index contributed by atoms with van der Waals surface area (Å²) in [4.78, 5) is 14.5. The van der Waals surface area contributed by atoms with Gasteiger partial charge in [-0.2, -0.15) is 15.0 Å². The normalized spacial score (nSPS) is 22.0. The van der Waals surface area contributed by atoms with Gasteiger partial charge in [0.05, 0.1) is 0 Å². The lowest BCUT2D eigenvalue weighted by Gasteiger charge is -2.52. The molecule has 0 saturated carbocycles. The molecule has 0 N–H and O–H groups in total. The molecule has 1 saturated heterocycles. The van der Waals surface area contributed by atoms with E-state index in [0.29, 0.717) is 5.95 Å². The fourth-order valence-corrected chi connectivity index (χ4v) is 3.31. The summed E-state index contributed by atoms with van der Waals surface area (Å²) in [5, 5.41) is 0.282. The van der Waals surface area contributed by atoms with Gasteiger partial charge in [0.2, 0.25) is 16.5 Å². The first-order chi connectivity index (χ1) is 8.22. The first-order valence-electron chi connectivity index (χ1n) is 6.10. The summed E-state index contributed by atoms with van der Waals surface area (Å²) < 4.78 is 0. The number of rotatable bonds is 1. The molecule has 1 aliphatic rings. The van der Waals surface area contributed by atoms with E-state index in [1.54, 1.807) is 0 Å². The molecule has 1 fully saturated rings. The fraction of sp³-hybridized carbons (Fsp3) is 0.750. The van der Waals surface area contributed by atoms with Gasteiger partial charge in [-0.25, -0.2) is 0 Å². The average molecular weight is 289 g/mol. The average Bonchev–Trinajstić information content (AvgIpc) is 2.11. The van der Waals surface area contributed by atoms with Crippen LogP contribution in [0.4, 0.5) is 5.95 Å². The van der Waals surface area contributed by atoms with Crippen LogP contribution < -0.4 is 4.90 Å². The van der Waals surface area contributed by atoms with Crippen LogP contribution >= 0.6 is 23.2 Å². The predicted octanol–water partition coefficient (Wildman–Crippen LogP) is 3.73. The molecule has 18 heavy (non-hydrogen) atoms. The molecular formula is C12H18Cl2N4. The van der Waals surface area contributed by atoms with Crippen LogP contribution in [0.25, 0.3) is 0 Å². The lowest BCUT2D eigenvalue weighted by molar-refractivity contribution is 0.239. The second-order valence-corrected chi connectivity index (χ2v) is 6.66. The Kier molecular flexibility index (Phi) is 3.45. The van der Waals surface area contributed by atoms with Crippen molar-refractivity contribution in [2.45, 2.75) is 58.0 Å². The number of piperidine rings is 1. The van der Waals surface area contributed by atoms with Gasteiger partial charge in [0, 0.05) is 11.1 Å². The lowest BCUT2D eigenvalue weighted by atomic mass is 9.80. The molecule has 2 rings (SSSR count). The molecule has 0 aliphatic carbocycles. The molecule has 6 heteroatoms. The Morgan fingerprint density at radius 3 is 1.78 bits per heavy atom. The van der Waals surface area contributed by atoms with Crippen molar-refractivity contribution in [3.63, 3.8) is 0 Å². The standard InChI is InChI=1S/C12H18Cl2N4/c1-11(2)6-5-7-12(3,4)18(11)10-16-8(13)15-9(14)17-10/h5-7H2,1-4H3. The molecule has 100 valence electrons. The molecule has 2 heterocycles. The van der Waals surface area contributed by atoms with E-state index in [4.69, 9.17) is 23.2 Å². The second-order valence-electron chi connectivity index (χ2n) is 5.99. The van der Waals surface area contributed by atoms with Gasteiger partial charge in [0.15, 0.2) is 0 Å². The van der Waals surface area contributed by atoms with Crippen LogP contribution in [0.1, 0.15) is 47.0 Å². The summed E-state index contributed by atoms with van der Waals surface area (Å²) in [5.74, 6) is 0.565. The van der Waals surface area contributed by atoms with Crippen molar-refractivity contribution >= 4 is 29.2 Å². The maximum atomic E-state index is 5.88. The zero-order chi connectivity index (χ0) is 13.6. The quantitative estimate of drug-likeness (QED) is 0.790.